The number of rotatable bonds is 5. The molecular weight excluding hydrogens is 322 g/mol. The number of hydroxylamine groups is 2. The fourth-order valence-corrected chi connectivity index (χ4v) is 3.88. The van der Waals surface area contributed by atoms with E-state index >= 15 is 0 Å². The summed E-state index contributed by atoms with van der Waals surface area (Å²) in [5, 5.41) is 2.19. The van der Waals surface area contributed by atoms with E-state index in [0.29, 0.717) is 0 Å². The lowest BCUT2D eigenvalue weighted by molar-refractivity contribution is -0.218. The summed E-state index contributed by atoms with van der Waals surface area (Å²) in [5.41, 5.74) is 1.76. The van der Waals surface area contributed by atoms with Gasteiger partial charge in [0, 0.05) is 11.1 Å². The number of piperidine rings is 1. The van der Waals surface area contributed by atoms with Crippen LogP contribution in [0.2, 0.25) is 0 Å². The second-order valence-corrected chi connectivity index (χ2v) is 9.61. The molecule has 0 saturated carbocycles. The summed E-state index contributed by atoms with van der Waals surface area (Å²) in [7, 11) is 0. The average molecular weight is 360 g/mol. The first-order valence-corrected chi connectivity index (χ1v) is 9.87. The maximum atomic E-state index is 6.69. The quantitative estimate of drug-likeness (QED) is 0.606. The third-order valence-electron chi connectivity index (χ3n) is 5.09. The van der Waals surface area contributed by atoms with Gasteiger partial charge in [-0.25, -0.2) is 0 Å². The lowest BCUT2D eigenvalue weighted by Gasteiger charge is -2.51. The predicted octanol–water partition coefficient (Wildman–Crippen LogP) is 6.41. The molecule has 0 bridgehead atoms. The van der Waals surface area contributed by atoms with Crippen molar-refractivity contribution in [3.05, 3.63) is 29.8 Å². The Morgan fingerprint density at radius 2 is 1.65 bits per heavy atom. The molecule has 0 radical (unpaired) electrons. The third kappa shape index (κ3) is 4.43. The molecule has 2 rings (SSSR count). The van der Waals surface area contributed by atoms with Crippen molar-refractivity contribution in [3.8, 4) is 11.5 Å². The number of aryl methyl sites for hydroxylation is 1. The minimum Gasteiger partial charge on any atom is -0.484 e. The zero-order chi connectivity index (χ0) is 19.8. The summed E-state index contributed by atoms with van der Waals surface area (Å²) in [6.07, 6.45) is 6.20. The van der Waals surface area contributed by atoms with E-state index in [-0.39, 0.29) is 16.7 Å². The van der Waals surface area contributed by atoms with E-state index in [4.69, 9.17) is 9.57 Å². The first kappa shape index (κ1) is 20.8. The van der Waals surface area contributed by atoms with Crippen molar-refractivity contribution in [3.63, 3.8) is 0 Å². The van der Waals surface area contributed by atoms with Crippen molar-refractivity contribution in [1.82, 2.24) is 5.06 Å². The van der Waals surface area contributed by atoms with Crippen LogP contribution in [-0.2, 0) is 6.42 Å². The lowest BCUT2D eigenvalue weighted by Crippen LogP contribution is -2.60. The molecule has 3 heteroatoms. The highest BCUT2D eigenvalue weighted by Crippen LogP contribution is 2.44. The Labute approximate surface area is 160 Å². The Morgan fingerprint density at radius 3 is 2.12 bits per heavy atom. The highest BCUT2D eigenvalue weighted by Gasteiger charge is 2.44. The van der Waals surface area contributed by atoms with Gasteiger partial charge in [-0.15, -0.1) is 5.06 Å². The summed E-state index contributed by atoms with van der Waals surface area (Å²) in [6.45, 7) is 21.4. The van der Waals surface area contributed by atoms with E-state index in [1.807, 2.05) is 6.08 Å². The first-order valence-electron chi connectivity index (χ1n) is 9.87. The van der Waals surface area contributed by atoms with Gasteiger partial charge >= 0.3 is 0 Å². The van der Waals surface area contributed by atoms with Crippen molar-refractivity contribution >= 4 is 6.08 Å². The van der Waals surface area contributed by atoms with E-state index in [1.165, 1.54) is 6.42 Å². The van der Waals surface area contributed by atoms with Crippen molar-refractivity contribution in [2.24, 2.45) is 0 Å². The molecule has 146 valence electrons. The van der Waals surface area contributed by atoms with Gasteiger partial charge in [0.25, 0.3) is 0 Å². The standard InChI is InChI=1S/C23H37NO2/c1-10-17-13-14-18(11-2)20(19(17)25-21(3,4)5)26-24-22(6,7)15-12-16-23(24,8)9/h10,13-14H,1,11-12,15-16H2,2-9H3. The van der Waals surface area contributed by atoms with Gasteiger partial charge in [-0.3, -0.25) is 0 Å². The Hall–Kier alpha value is -1.48. The zero-order valence-corrected chi connectivity index (χ0v) is 18.0. The van der Waals surface area contributed by atoms with Crippen molar-refractivity contribution in [1.29, 1.82) is 0 Å². The van der Waals surface area contributed by atoms with E-state index in [9.17, 15) is 0 Å². The molecule has 0 atom stereocenters. The van der Waals surface area contributed by atoms with Crippen LogP contribution in [0.15, 0.2) is 18.7 Å². The molecule has 1 aliphatic rings. The number of ether oxygens (including phenoxy) is 1. The van der Waals surface area contributed by atoms with Gasteiger partial charge in [-0.05, 0) is 74.1 Å². The second kappa shape index (κ2) is 7.26. The molecule has 1 saturated heterocycles. The van der Waals surface area contributed by atoms with Crippen LogP contribution < -0.4 is 9.57 Å². The van der Waals surface area contributed by atoms with E-state index in [0.717, 1.165) is 41.9 Å². The number of hydrogen-bond donors (Lipinski definition) is 0. The molecule has 3 nitrogen and oxygen atoms in total. The van der Waals surface area contributed by atoms with Crippen LogP contribution in [-0.4, -0.2) is 21.7 Å². The van der Waals surface area contributed by atoms with Crippen LogP contribution in [0.3, 0.4) is 0 Å². The minimum absolute atomic E-state index is 0.0318. The molecule has 1 heterocycles. The molecule has 1 aromatic carbocycles. The van der Waals surface area contributed by atoms with Gasteiger partial charge < -0.3 is 9.57 Å². The fraction of sp³-hybridized carbons (Fsp3) is 0.652. The molecule has 0 unspecified atom stereocenters. The maximum Gasteiger partial charge on any atom is 0.193 e. The van der Waals surface area contributed by atoms with Crippen molar-refractivity contribution < 1.29 is 9.57 Å². The molecule has 1 aromatic rings. The van der Waals surface area contributed by atoms with Gasteiger partial charge in [0.1, 0.15) is 5.60 Å². The predicted molar refractivity (Wildman–Crippen MR) is 111 cm³/mol. The molecule has 0 N–H and O–H groups in total. The van der Waals surface area contributed by atoms with E-state index in [2.05, 4.69) is 79.2 Å². The lowest BCUT2D eigenvalue weighted by atomic mass is 9.82. The van der Waals surface area contributed by atoms with Crippen LogP contribution in [0.1, 0.15) is 85.8 Å². The van der Waals surface area contributed by atoms with Gasteiger partial charge in [0.15, 0.2) is 11.5 Å². The number of nitrogens with zero attached hydrogens (tertiary/aromatic N) is 1. The Morgan fingerprint density at radius 1 is 1.08 bits per heavy atom. The zero-order valence-electron chi connectivity index (χ0n) is 18.0. The summed E-state index contributed by atoms with van der Waals surface area (Å²) in [6, 6.07) is 4.21. The number of benzene rings is 1. The van der Waals surface area contributed by atoms with Crippen molar-refractivity contribution in [2.75, 3.05) is 0 Å². The highest BCUT2D eigenvalue weighted by molar-refractivity contribution is 5.63. The number of hydrogen-bond acceptors (Lipinski definition) is 3. The Kier molecular flexibility index (Phi) is 5.82. The SMILES string of the molecule is C=Cc1ccc(CC)c(ON2C(C)(C)CCCC2(C)C)c1OC(C)(C)C. The van der Waals surface area contributed by atoms with Crippen molar-refractivity contribution in [2.45, 2.75) is 97.8 Å². The summed E-state index contributed by atoms with van der Waals surface area (Å²) < 4.78 is 6.35. The summed E-state index contributed by atoms with van der Waals surface area (Å²) in [5.74, 6) is 1.63. The van der Waals surface area contributed by atoms with E-state index in [1.54, 1.807) is 0 Å². The van der Waals surface area contributed by atoms with Gasteiger partial charge in [-0.1, -0.05) is 31.7 Å². The average Bonchev–Trinajstić information content (AvgIpc) is 2.49. The minimum atomic E-state index is -0.310. The van der Waals surface area contributed by atoms with Crippen LogP contribution in [0, 0.1) is 0 Å². The molecule has 26 heavy (non-hydrogen) atoms. The summed E-state index contributed by atoms with van der Waals surface area (Å²) in [4.78, 5) is 6.69. The Bertz CT molecular complexity index is 637. The molecule has 1 aliphatic heterocycles. The molecule has 0 aliphatic carbocycles. The molecular formula is C23H37NO2. The Balaban J connectivity index is 2.57. The fourth-order valence-electron chi connectivity index (χ4n) is 3.88. The molecule has 0 aromatic heterocycles. The van der Waals surface area contributed by atoms with Crippen LogP contribution >= 0.6 is 0 Å². The third-order valence-corrected chi connectivity index (χ3v) is 5.09. The maximum absolute atomic E-state index is 6.69. The van der Waals surface area contributed by atoms with Gasteiger partial charge in [0.05, 0.1) is 11.1 Å². The van der Waals surface area contributed by atoms with Crippen LogP contribution in [0.25, 0.3) is 6.08 Å². The molecule has 0 spiro atoms. The topological polar surface area (TPSA) is 21.7 Å². The smallest absolute Gasteiger partial charge is 0.193 e. The largest absolute Gasteiger partial charge is 0.484 e. The van der Waals surface area contributed by atoms with Crippen LogP contribution in [0.4, 0.5) is 0 Å². The second-order valence-electron chi connectivity index (χ2n) is 9.61. The highest BCUT2D eigenvalue weighted by atomic mass is 16.7. The summed E-state index contributed by atoms with van der Waals surface area (Å²) >= 11 is 0. The monoisotopic (exact) mass is 359 g/mol. The molecule has 0 amide bonds. The first-order chi connectivity index (χ1) is 11.9. The van der Waals surface area contributed by atoms with Gasteiger partial charge in [-0.2, -0.15) is 0 Å². The van der Waals surface area contributed by atoms with E-state index < -0.39 is 0 Å². The molecule has 1 fully saturated rings. The van der Waals surface area contributed by atoms with Crippen LogP contribution in [0.5, 0.6) is 11.5 Å². The van der Waals surface area contributed by atoms with Gasteiger partial charge in [0.2, 0.25) is 0 Å². The normalized spacial score (nSPS) is 19.8.